The molecule has 6 N–H and O–H groups in total. The predicted octanol–water partition coefficient (Wildman–Crippen LogP) is 2.08. The van der Waals surface area contributed by atoms with Crippen LogP contribution in [0, 0.1) is 23.7 Å². The number of aliphatic hydroxyl groups is 1. The fourth-order valence-corrected chi connectivity index (χ4v) is 7.78. The molecule has 10 nitrogen and oxygen atoms in total. The Morgan fingerprint density at radius 1 is 1.07 bits per heavy atom. The summed E-state index contributed by atoms with van der Waals surface area (Å²) in [5.74, 6) is -3.96. The van der Waals surface area contributed by atoms with Crippen molar-refractivity contribution in [3.05, 3.63) is 71.9 Å². The Morgan fingerprint density at radius 2 is 1.83 bits per heavy atom. The normalized spacial score (nSPS) is 26.5. The Hall–Kier alpha value is -4.18. The number of carbonyl (C=O) groups is 4. The lowest BCUT2D eigenvalue weighted by atomic mass is 9.66. The first-order valence-corrected chi connectivity index (χ1v) is 14.8. The molecule has 2 aromatic carbocycles. The molecule has 1 aliphatic carbocycles. The zero-order chi connectivity index (χ0) is 29.4. The van der Waals surface area contributed by atoms with Gasteiger partial charge in [0.25, 0.3) is 5.91 Å². The molecule has 3 fully saturated rings. The van der Waals surface area contributed by atoms with Crippen molar-refractivity contribution in [1.82, 2.24) is 20.5 Å². The number of hydrogen-bond donors (Lipinski definition) is 5. The lowest BCUT2D eigenvalue weighted by Gasteiger charge is -2.47. The summed E-state index contributed by atoms with van der Waals surface area (Å²) in [4.78, 5) is 59.2. The quantitative estimate of drug-likeness (QED) is 0.266. The molecule has 0 spiro atoms. The van der Waals surface area contributed by atoms with Gasteiger partial charge in [0.05, 0.1) is 0 Å². The second-order valence-corrected chi connectivity index (χ2v) is 11.9. The van der Waals surface area contributed by atoms with Crippen molar-refractivity contribution in [2.75, 3.05) is 13.1 Å². The maximum atomic E-state index is 14.3. The molecule has 0 bridgehead atoms. The van der Waals surface area contributed by atoms with Crippen LogP contribution >= 0.6 is 0 Å². The minimum atomic E-state index is -1.67. The highest BCUT2D eigenvalue weighted by molar-refractivity contribution is 6.02. The molecule has 4 unspecified atom stereocenters. The number of aromatic nitrogens is 1. The van der Waals surface area contributed by atoms with Crippen molar-refractivity contribution >= 4 is 34.5 Å². The zero-order valence-corrected chi connectivity index (χ0v) is 23.4. The highest BCUT2D eigenvalue weighted by Gasteiger charge is 2.66. The Morgan fingerprint density at radius 3 is 2.55 bits per heavy atom. The van der Waals surface area contributed by atoms with Gasteiger partial charge in [-0.2, -0.15) is 0 Å². The van der Waals surface area contributed by atoms with Gasteiger partial charge in [0, 0.05) is 42.4 Å². The van der Waals surface area contributed by atoms with Gasteiger partial charge < -0.3 is 31.4 Å². The number of likely N-dealkylation sites (tertiary alicyclic amines) is 1. The summed E-state index contributed by atoms with van der Waals surface area (Å²) in [6.45, 7) is 0.939. The number of nitrogens with zero attached hydrogens (tertiary/aromatic N) is 1. The van der Waals surface area contributed by atoms with Crippen LogP contribution in [-0.2, 0) is 20.9 Å². The molecule has 3 aliphatic rings. The standard InChI is InChI=1S/C32H37N5O5/c33-31(42)32(23-11-6-10-22(23)18-37(32)30(41)26-16-20-9-4-5-12-25(20)36-26)24(15-21-13-14-34-28(21)39)27(38)29(40)35-17-19-7-2-1-3-8-19/h1-5,7-9,12,16,21-24,27,36,38H,6,10-11,13-15,17-18H2,(H2,33,42)(H,34,39)(H,35,40)/t21-,22?,23?,24-,27?,32?/m1/s1. The van der Waals surface area contributed by atoms with E-state index < -0.39 is 41.2 Å². The number of aliphatic hydroxyl groups excluding tert-OH is 1. The molecule has 220 valence electrons. The molecule has 4 amide bonds. The largest absolute Gasteiger partial charge is 0.383 e. The summed E-state index contributed by atoms with van der Waals surface area (Å²) >= 11 is 0. The van der Waals surface area contributed by atoms with Gasteiger partial charge in [0.15, 0.2) is 0 Å². The molecule has 6 atom stereocenters. The third kappa shape index (κ3) is 4.73. The average molecular weight is 572 g/mol. The molecule has 3 aromatic rings. The van der Waals surface area contributed by atoms with Crippen LogP contribution in [-0.4, -0.2) is 63.4 Å². The maximum absolute atomic E-state index is 14.3. The number of para-hydroxylation sites is 1. The fourth-order valence-electron chi connectivity index (χ4n) is 7.78. The molecule has 0 radical (unpaired) electrons. The average Bonchev–Trinajstić information content (AvgIpc) is 3.78. The Kier molecular flexibility index (Phi) is 7.49. The third-order valence-corrected chi connectivity index (χ3v) is 9.71. The number of hydrogen-bond acceptors (Lipinski definition) is 5. The van der Waals surface area contributed by atoms with E-state index in [4.69, 9.17) is 5.73 Å². The molecule has 3 heterocycles. The lowest BCUT2D eigenvalue weighted by Crippen LogP contribution is -2.67. The van der Waals surface area contributed by atoms with E-state index in [0.29, 0.717) is 25.1 Å². The highest BCUT2D eigenvalue weighted by Crippen LogP contribution is 2.54. The van der Waals surface area contributed by atoms with E-state index in [2.05, 4.69) is 15.6 Å². The molecule has 2 aliphatic heterocycles. The maximum Gasteiger partial charge on any atom is 0.271 e. The number of aromatic amines is 1. The van der Waals surface area contributed by atoms with E-state index in [0.717, 1.165) is 29.3 Å². The van der Waals surface area contributed by atoms with Crippen LogP contribution in [0.1, 0.15) is 48.2 Å². The first-order valence-electron chi connectivity index (χ1n) is 14.8. The van der Waals surface area contributed by atoms with Gasteiger partial charge in [0.2, 0.25) is 17.7 Å². The molecule has 2 saturated heterocycles. The van der Waals surface area contributed by atoms with Gasteiger partial charge in [-0.05, 0) is 55.2 Å². The number of benzene rings is 2. The number of H-pyrrole nitrogens is 1. The summed E-state index contributed by atoms with van der Waals surface area (Å²) < 4.78 is 0. The van der Waals surface area contributed by atoms with Crippen molar-refractivity contribution in [2.45, 2.75) is 50.3 Å². The predicted molar refractivity (Wildman–Crippen MR) is 156 cm³/mol. The smallest absolute Gasteiger partial charge is 0.271 e. The molecule has 1 aromatic heterocycles. The Balaban J connectivity index is 1.41. The van der Waals surface area contributed by atoms with Crippen LogP contribution in [0.4, 0.5) is 0 Å². The molecule has 10 heteroatoms. The van der Waals surface area contributed by atoms with Crippen LogP contribution in [0.15, 0.2) is 60.7 Å². The van der Waals surface area contributed by atoms with E-state index in [-0.39, 0.29) is 37.3 Å². The first kappa shape index (κ1) is 28.0. The third-order valence-electron chi connectivity index (χ3n) is 9.71. The van der Waals surface area contributed by atoms with Crippen LogP contribution in [0.25, 0.3) is 10.9 Å². The summed E-state index contributed by atoms with van der Waals surface area (Å²) in [7, 11) is 0. The van der Waals surface area contributed by atoms with Crippen LogP contribution in [0.5, 0.6) is 0 Å². The SMILES string of the molecule is NC(=O)C1([C@H](C[C@H]2CCNC2=O)C(O)C(=O)NCc2ccccc2)C2CCCC2CN1C(=O)c1cc2ccccc2[nH]1. The fraction of sp³-hybridized carbons (Fsp3) is 0.438. The summed E-state index contributed by atoms with van der Waals surface area (Å²) in [5.41, 5.74) is 6.58. The van der Waals surface area contributed by atoms with Crippen molar-refractivity contribution in [1.29, 1.82) is 0 Å². The van der Waals surface area contributed by atoms with E-state index in [1.807, 2.05) is 54.6 Å². The Bertz CT molecular complexity index is 1470. The summed E-state index contributed by atoms with van der Waals surface area (Å²) in [5, 5.41) is 18.3. The van der Waals surface area contributed by atoms with E-state index in [9.17, 15) is 24.3 Å². The number of amides is 4. The van der Waals surface area contributed by atoms with Crippen molar-refractivity contribution in [2.24, 2.45) is 29.4 Å². The van der Waals surface area contributed by atoms with Crippen LogP contribution in [0.3, 0.4) is 0 Å². The molecular weight excluding hydrogens is 534 g/mol. The van der Waals surface area contributed by atoms with Crippen LogP contribution < -0.4 is 16.4 Å². The summed E-state index contributed by atoms with van der Waals surface area (Å²) in [6, 6.07) is 18.6. The van der Waals surface area contributed by atoms with Gasteiger partial charge in [-0.15, -0.1) is 0 Å². The van der Waals surface area contributed by atoms with Crippen molar-refractivity contribution in [3.8, 4) is 0 Å². The Labute approximate surface area is 244 Å². The number of rotatable bonds is 9. The number of carbonyl (C=O) groups excluding carboxylic acids is 4. The number of nitrogens with two attached hydrogens (primary N) is 1. The van der Waals surface area contributed by atoms with Gasteiger partial charge in [0.1, 0.15) is 17.3 Å². The van der Waals surface area contributed by atoms with Gasteiger partial charge >= 0.3 is 0 Å². The monoisotopic (exact) mass is 571 g/mol. The van der Waals surface area contributed by atoms with Gasteiger partial charge in [-0.25, -0.2) is 0 Å². The highest BCUT2D eigenvalue weighted by atomic mass is 16.3. The van der Waals surface area contributed by atoms with Crippen molar-refractivity contribution in [3.63, 3.8) is 0 Å². The molecule has 42 heavy (non-hydrogen) atoms. The summed E-state index contributed by atoms with van der Waals surface area (Å²) in [6.07, 6.45) is 1.18. The first-order chi connectivity index (χ1) is 20.3. The lowest BCUT2D eigenvalue weighted by molar-refractivity contribution is -0.147. The second kappa shape index (κ2) is 11.2. The zero-order valence-electron chi connectivity index (χ0n) is 23.4. The van der Waals surface area contributed by atoms with E-state index in [1.165, 1.54) is 4.90 Å². The number of nitrogens with one attached hydrogen (secondary N) is 3. The van der Waals surface area contributed by atoms with E-state index >= 15 is 0 Å². The van der Waals surface area contributed by atoms with Crippen molar-refractivity contribution < 1.29 is 24.3 Å². The van der Waals surface area contributed by atoms with Gasteiger partial charge in [-0.1, -0.05) is 55.0 Å². The number of fused-ring (bicyclic) bond motifs is 2. The topological polar surface area (TPSA) is 158 Å². The molecule has 1 saturated carbocycles. The molecule has 6 rings (SSSR count). The van der Waals surface area contributed by atoms with Gasteiger partial charge in [-0.3, -0.25) is 19.2 Å². The molecular formula is C32H37N5O5. The second-order valence-electron chi connectivity index (χ2n) is 11.9. The number of primary amides is 1. The van der Waals surface area contributed by atoms with E-state index in [1.54, 1.807) is 6.07 Å². The van der Waals surface area contributed by atoms with Crippen LogP contribution in [0.2, 0.25) is 0 Å². The minimum absolute atomic E-state index is 0.00897. The minimum Gasteiger partial charge on any atom is -0.383 e.